The van der Waals surface area contributed by atoms with Crippen LogP contribution in [0.3, 0.4) is 0 Å². The summed E-state index contributed by atoms with van der Waals surface area (Å²) in [7, 11) is 3.45. The first-order valence-electron chi connectivity index (χ1n) is 7.27. The molecule has 0 bridgehead atoms. The van der Waals surface area contributed by atoms with Crippen molar-refractivity contribution in [3.63, 3.8) is 0 Å². The molecule has 2 aliphatic heterocycles. The molecule has 2 amide bonds. The van der Waals surface area contributed by atoms with E-state index in [0.29, 0.717) is 6.61 Å². The van der Waals surface area contributed by atoms with Crippen LogP contribution in [0, 0.1) is 0 Å². The molecule has 0 N–H and O–H groups in total. The van der Waals surface area contributed by atoms with Gasteiger partial charge in [-0.3, -0.25) is 9.59 Å². The summed E-state index contributed by atoms with van der Waals surface area (Å²) >= 11 is 1.86. The summed E-state index contributed by atoms with van der Waals surface area (Å²) in [4.78, 5) is 26.7. The van der Waals surface area contributed by atoms with Crippen LogP contribution in [0.4, 0.5) is 0 Å². The van der Waals surface area contributed by atoms with E-state index in [4.69, 9.17) is 9.47 Å². The molecule has 0 aromatic rings. The zero-order valence-electron chi connectivity index (χ0n) is 13.0. The monoisotopic (exact) mass is 316 g/mol. The van der Waals surface area contributed by atoms with E-state index in [2.05, 4.69) is 0 Å². The first-order chi connectivity index (χ1) is 9.96. The lowest BCUT2D eigenvalue weighted by atomic mass is 9.93. The Morgan fingerprint density at radius 1 is 1.33 bits per heavy atom. The van der Waals surface area contributed by atoms with Gasteiger partial charge in [0.05, 0.1) is 10.9 Å². The molecule has 0 saturated carbocycles. The van der Waals surface area contributed by atoms with E-state index in [-0.39, 0.29) is 35.9 Å². The van der Waals surface area contributed by atoms with Gasteiger partial charge in [0.25, 0.3) is 0 Å². The first-order valence-corrected chi connectivity index (χ1v) is 8.25. The number of carbonyl (C=O) groups excluding carboxylic acids is 2. The lowest BCUT2D eigenvalue weighted by Crippen LogP contribution is -2.61. The minimum absolute atomic E-state index is 0.0110. The Hall–Kier alpha value is -0.790. The van der Waals surface area contributed by atoms with Crippen LogP contribution in [0.2, 0.25) is 0 Å². The van der Waals surface area contributed by atoms with Gasteiger partial charge in [-0.25, -0.2) is 0 Å². The number of ether oxygens (including phenoxy) is 2. The Morgan fingerprint density at radius 3 is 2.67 bits per heavy atom. The quantitative estimate of drug-likeness (QED) is 0.701. The molecule has 0 unspecified atom stereocenters. The number of likely N-dealkylation sites (N-methyl/N-ethyl adjacent to an activating group) is 1. The largest absolute Gasteiger partial charge is 0.372 e. The molecule has 2 aliphatic rings. The first kappa shape index (κ1) is 16.6. The number of hydrogen-bond acceptors (Lipinski definition) is 5. The second-order valence-corrected chi connectivity index (χ2v) is 7.29. The molecule has 0 aliphatic carbocycles. The summed E-state index contributed by atoms with van der Waals surface area (Å²) in [6.45, 7) is 4.30. The maximum Gasteiger partial charge on any atom is 0.248 e. The van der Waals surface area contributed by atoms with E-state index >= 15 is 0 Å². The van der Waals surface area contributed by atoms with Crippen LogP contribution in [0.5, 0.6) is 0 Å². The SMILES string of the molecule is CCOCC(=O)N1CC2(C[C@H](OCC(=O)N(C)C)CS2)C1. The molecule has 0 radical (unpaired) electrons. The Labute approximate surface area is 130 Å². The van der Waals surface area contributed by atoms with Gasteiger partial charge in [-0.05, 0) is 13.3 Å². The fraction of sp³-hybridized carbons (Fsp3) is 0.857. The molecule has 1 atom stereocenters. The second kappa shape index (κ2) is 6.98. The normalized spacial score (nSPS) is 23.2. The van der Waals surface area contributed by atoms with Crippen LogP contribution >= 0.6 is 11.8 Å². The van der Waals surface area contributed by atoms with Gasteiger partial charge in [-0.2, -0.15) is 0 Å². The van der Waals surface area contributed by atoms with E-state index in [0.717, 1.165) is 25.3 Å². The Kier molecular flexibility index (Phi) is 5.51. The summed E-state index contributed by atoms with van der Waals surface area (Å²) in [6, 6.07) is 0. The highest BCUT2D eigenvalue weighted by Gasteiger charge is 2.50. The number of thioether (sulfide) groups is 1. The Morgan fingerprint density at radius 2 is 2.05 bits per heavy atom. The van der Waals surface area contributed by atoms with Crippen molar-refractivity contribution in [2.45, 2.75) is 24.2 Å². The third-order valence-corrected chi connectivity index (χ3v) is 5.43. The van der Waals surface area contributed by atoms with Crippen molar-refractivity contribution in [2.24, 2.45) is 0 Å². The summed E-state index contributed by atoms with van der Waals surface area (Å²) < 4.78 is 11.0. The molecular weight excluding hydrogens is 292 g/mol. The van der Waals surface area contributed by atoms with Crippen LogP contribution in [-0.2, 0) is 19.1 Å². The summed E-state index contributed by atoms with van der Waals surface area (Å²) in [5.74, 6) is 0.951. The van der Waals surface area contributed by atoms with Gasteiger partial charge < -0.3 is 19.3 Å². The van der Waals surface area contributed by atoms with Crippen molar-refractivity contribution in [3.05, 3.63) is 0 Å². The van der Waals surface area contributed by atoms with Gasteiger partial charge >= 0.3 is 0 Å². The van der Waals surface area contributed by atoms with E-state index in [1.807, 2.05) is 23.6 Å². The van der Waals surface area contributed by atoms with Crippen LogP contribution in [0.15, 0.2) is 0 Å². The van der Waals surface area contributed by atoms with Gasteiger partial charge in [0.15, 0.2) is 0 Å². The van der Waals surface area contributed by atoms with Gasteiger partial charge in [0.2, 0.25) is 11.8 Å². The predicted octanol–water partition coefficient (Wildman–Crippen LogP) is 0.214. The lowest BCUT2D eigenvalue weighted by Gasteiger charge is -2.47. The van der Waals surface area contributed by atoms with Crippen LogP contribution in [0.1, 0.15) is 13.3 Å². The fourth-order valence-electron chi connectivity index (χ4n) is 2.55. The van der Waals surface area contributed by atoms with Gasteiger partial charge in [0.1, 0.15) is 13.2 Å². The number of hydrogen-bond donors (Lipinski definition) is 0. The molecule has 2 rings (SSSR count). The van der Waals surface area contributed by atoms with Crippen molar-refractivity contribution in [3.8, 4) is 0 Å². The highest BCUT2D eigenvalue weighted by molar-refractivity contribution is 8.01. The molecular formula is C14H24N2O4S. The highest BCUT2D eigenvalue weighted by Crippen LogP contribution is 2.45. The van der Waals surface area contributed by atoms with Crippen molar-refractivity contribution < 1.29 is 19.1 Å². The average Bonchev–Trinajstić information content (AvgIpc) is 2.84. The maximum absolute atomic E-state index is 11.8. The van der Waals surface area contributed by atoms with E-state index in [1.165, 1.54) is 4.90 Å². The number of carbonyl (C=O) groups is 2. The lowest BCUT2D eigenvalue weighted by molar-refractivity contribution is -0.141. The third kappa shape index (κ3) is 4.11. The van der Waals surface area contributed by atoms with Crippen molar-refractivity contribution in [1.82, 2.24) is 9.80 Å². The molecule has 2 saturated heterocycles. The average molecular weight is 316 g/mol. The van der Waals surface area contributed by atoms with Crippen LogP contribution in [-0.4, -0.2) is 85.2 Å². The van der Waals surface area contributed by atoms with E-state index in [1.54, 1.807) is 14.1 Å². The molecule has 7 heteroatoms. The van der Waals surface area contributed by atoms with Crippen molar-refractivity contribution >= 4 is 23.6 Å². The molecule has 1 spiro atoms. The number of nitrogens with zero attached hydrogens (tertiary/aromatic N) is 2. The van der Waals surface area contributed by atoms with E-state index < -0.39 is 0 Å². The minimum Gasteiger partial charge on any atom is -0.372 e. The number of likely N-dealkylation sites (tertiary alicyclic amines) is 1. The van der Waals surface area contributed by atoms with Crippen LogP contribution in [0.25, 0.3) is 0 Å². The summed E-state index contributed by atoms with van der Waals surface area (Å²) in [5, 5.41) is 0. The maximum atomic E-state index is 11.8. The molecule has 0 aromatic carbocycles. The molecule has 21 heavy (non-hydrogen) atoms. The third-order valence-electron chi connectivity index (χ3n) is 3.86. The smallest absolute Gasteiger partial charge is 0.248 e. The number of amides is 2. The topological polar surface area (TPSA) is 59.1 Å². The standard InChI is InChI=1S/C14H24N2O4S/c1-4-19-6-13(18)16-9-14(10-16)5-11(8-21-14)20-7-12(17)15(2)3/h11H,4-10H2,1-3H3/t11-/m0/s1. The number of rotatable bonds is 6. The summed E-state index contributed by atoms with van der Waals surface area (Å²) in [5.41, 5.74) is 0. The zero-order chi connectivity index (χ0) is 15.5. The van der Waals surface area contributed by atoms with Gasteiger partial charge in [-0.15, -0.1) is 11.8 Å². The molecule has 2 heterocycles. The highest BCUT2D eigenvalue weighted by atomic mass is 32.2. The molecule has 120 valence electrons. The van der Waals surface area contributed by atoms with Gasteiger partial charge in [0, 0.05) is 39.5 Å². The second-order valence-electron chi connectivity index (χ2n) is 5.81. The summed E-state index contributed by atoms with van der Waals surface area (Å²) in [6.07, 6.45) is 1.03. The fourth-order valence-corrected chi connectivity index (χ4v) is 4.11. The molecule has 6 nitrogen and oxygen atoms in total. The van der Waals surface area contributed by atoms with Crippen LogP contribution < -0.4 is 0 Å². The zero-order valence-corrected chi connectivity index (χ0v) is 13.8. The molecule has 2 fully saturated rings. The van der Waals surface area contributed by atoms with E-state index in [9.17, 15) is 9.59 Å². The molecule has 0 aromatic heterocycles. The van der Waals surface area contributed by atoms with Crippen molar-refractivity contribution in [1.29, 1.82) is 0 Å². The Balaban J connectivity index is 1.69. The Bertz CT molecular complexity index is 396. The van der Waals surface area contributed by atoms with Crippen molar-refractivity contribution in [2.75, 3.05) is 52.8 Å². The predicted molar refractivity (Wildman–Crippen MR) is 81.3 cm³/mol. The minimum atomic E-state index is -0.0110. The van der Waals surface area contributed by atoms with Gasteiger partial charge in [-0.1, -0.05) is 0 Å².